The van der Waals surface area contributed by atoms with Crippen LogP contribution in [0, 0.1) is 0 Å². The minimum absolute atomic E-state index is 0.329. The predicted octanol–water partition coefficient (Wildman–Crippen LogP) is 13.3. The first-order chi connectivity index (χ1) is 28.0. The highest BCUT2D eigenvalue weighted by molar-refractivity contribution is 6.36. The van der Waals surface area contributed by atoms with E-state index in [1.807, 2.05) is 134 Å². The number of carbonyl (C=O) groups excluding carboxylic acids is 2. The number of aromatic nitrogens is 1. The summed E-state index contributed by atoms with van der Waals surface area (Å²) in [5.41, 5.74) is 12.2. The van der Waals surface area contributed by atoms with E-state index in [-0.39, 0.29) is 11.8 Å². The Balaban J connectivity index is 0.000000417. The van der Waals surface area contributed by atoms with Crippen molar-refractivity contribution >= 4 is 44.9 Å². The molecule has 0 fully saturated rings. The third-order valence-electron chi connectivity index (χ3n) is 10.6. The third kappa shape index (κ3) is 6.33. The fraction of sp³-hybridized carbons (Fsp3) is 0.0189. The van der Waals surface area contributed by atoms with Crippen molar-refractivity contribution in [3.05, 3.63) is 223 Å². The summed E-state index contributed by atoms with van der Waals surface area (Å²) in [7, 11) is 0. The molecule has 57 heavy (non-hydrogen) atoms. The Morgan fingerprint density at radius 1 is 0.421 bits per heavy atom. The van der Waals surface area contributed by atoms with Gasteiger partial charge in [-0.1, -0.05) is 182 Å². The quantitative estimate of drug-likeness (QED) is 0.160. The average molecular weight is 735 g/mol. The third-order valence-corrected chi connectivity index (χ3v) is 10.6. The van der Waals surface area contributed by atoms with Crippen LogP contribution < -0.4 is 4.90 Å². The first kappa shape index (κ1) is 35.2. The molecule has 0 saturated carbocycles. The molecule has 1 aliphatic heterocycles. The van der Waals surface area contributed by atoms with E-state index in [0.29, 0.717) is 22.5 Å². The van der Waals surface area contributed by atoms with Gasteiger partial charge in [0.05, 0.1) is 33.5 Å². The summed E-state index contributed by atoms with van der Waals surface area (Å²) in [4.78, 5) is 30.6. The molecule has 2 amide bonds. The lowest BCUT2D eigenvalue weighted by Crippen LogP contribution is -2.30. The van der Waals surface area contributed by atoms with Crippen molar-refractivity contribution in [2.24, 2.45) is 0 Å². The van der Waals surface area contributed by atoms with Gasteiger partial charge >= 0.3 is 0 Å². The van der Waals surface area contributed by atoms with Crippen molar-refractivity contribution in [2.75, 3.05) is 4.90 Å². The summed E-state index contributed by atoms with van der Waals surface area (Å²) >= 11 is 0. The van der Waals surface area contributed by atoms with Crippen LogP contribution in [0.25, 0.3) is 66.4 Å². The molecule has 1 aromatic heterocycles. The summed E-state index contributed by atoms with van der Waals surface area (Å²) in [6.07, 6.45) is 0. The largest absolute Gasteiger partial charge is 0.308 e. The molecule has 4 heteroatoms. The van der Waals surface area contributed by atoms with Gasteiger partial charge in [0.2, 0.25) is 0 Å². The Hall–Kier alpha value is -7.56. The van der Waals surface area contributed by atoms with Gasteiger partial charge in [-0.05, 0) is 70.6 Å². The maximum Gasteiger partial charge on any atom is 0.268 e. The summed E-state index contributed by atoms with van der Waals surface area (Å²) in [6, 6.07) is 66.7. The second kappa shape index (κ2) is 14.9. The number of hydrogen-bond acceptors (Lipinski definition) is 2. The number of allylic oxidation sites excluding steroid dienone is 1. The van der Waals surface area contributed by atoms with Crippen molar-refractivity contribution in [3.8, 4) is 39.1 Å². The summed E-state index contributed by atoms with van der Waals surface area (Å²) in [5, 5.41) is 2.17. The van der Waals surface area contributed by atoms with Crippen LogP contribution in [0.3, 0.4) is 0 Å². The molecule has 2 heterocycles. The Morgan fingerprint density at radius 3 is 1.61 bits per heavy atom. The molecule has 272 valence electrons. The van der Waals surface area contributed by atoms with Gasteiger partial charge < -0.3 is 4.57 Å². The van der Waals surface area contributed by atoms with Crippen LogP contribution in [0.1, 0.15) is 33.2 Å². The van der Waals surface area contributed by atoms with Crippen LogP contribution >= 0.6 is 0 Å². The zero-order valence-electron chi connectivity index (χ0n) is 31.5. The number of amides is 2. The molecule has 0 unspecified atom stereocenters. The number of para-hydroxylation sites is 1. The molecule has 0 saturated heterocycles. The molecule has 0 spiro atoms. The number of anilines is 1. The molecule has 4 nitrogen and oxygen atoms in total. The molecule has 0 N–H and O–H groups in total. The number of nitrogens with zero attached hydrogens (tertiary/aromatic N) is 2. The van der Waals surface area contributed by atoms with E-state index in [1.54, 1.807) is 6.07 Å². The van der Waals surface area contributed by atoms with Gasteiger partial charge in [0.15, 0.2) is 0 Å². The van der Waals surface area contributed by atoms with Crippen LogP contribution in [0.15, 0.2) is 207 Å². The average Bonchev–Trinajstić information content (AvgIpc) is 3.74. The molecule has 8 aromatic carbocycles. The van der Waals surface area contributed by atoms with Gasteiger partial charge in [0, 0.05) is 16.3 Å². The highest BCUT2D eigenvalue weighted by Gasteiger charge is 2.40. The Labute approximate surface area is 332 Å². The van der Waals surface area contributed by atoms with E-state index < -0.39 is 0 Å². The van der Waals surface area contributed by atoms with Gasteiger partial charge in [-0.15, -0.1) is 0 Å². The smallest absolute Gasteiger partial charge is 0.268 e. The molecule has 0 radical (unpaired) electrons. The van der Waals surface area contributed by atoms with Gasteiger partial charge in [0.25, 0.3) is 11.8 Å². The minimum atomic E-state index is -0.335. The molecule has 1 aliphatic rings. The van der Waals surface area contributed by atoms with Crippen LogP contribution in [0.5, 0.6) is 0 Å². The fourth-order valence-corrected chi connectivity index (χ4v) is 7.93. The van der Waals surface area contributed by atoms with Gasteiger partial charge in [-0.2, -0.15) is 0 Å². The highest BCUT2D eigenvalue weighted by Crippen LogP contribution is 2.44. The number of imide groups is 1. The monoisotopic (exact) mass is 734 g/mol. The highest BCUT2D eigenvalue weighted by atomic mass is 16.2. The molecule has 0 atom stereocenters. The molecule has 0 aliphatic carbocycles. The fourth-order valence-electron chi connectivity index (χ4n) is 7.93. The van der Waals surface area contributed by atoms with E-state index in [2.05, 4.69) is 77.9 Å². The second-order valence-corrected chi connectivity index (χ2v) is 14.2. The van der Waals surface area contributed by atoms with Gasteiger partial charge in [0.1, 0.15) is 0 Å². The Morgan fingerprint density at radius 2 is 0.965 bits per heavy atom. The summed E-state index contributed by atoms with van der Waals surface area (Å²) < 4.78 is 2.14. The van der Waals surface area contributed by atoms with Crippen LogP contribution in [-0.2, 0) is 0 Å². The van der Waals surface area contributed by atoms with E-state index in [4.69, 9.17) is 0 Å². The SMILES string of the molecule is C=C(C)c1ccccc1.O=C1c2cccc(-n3c4ccccc4c4ccc(-c5ccccc5)cc43)c2C(=O)N1c1cccc(-c2ccccc2)c1-c1ccccc1. The maximum absolute atomic E-state index is 14.8. The minimum Gasteiger partial charge on any atom is -0.308 e. The van der Waals surface area contributed by atoms with Crippen molar-refractivity contribution in [2.45, 2.75) is 6.92 Å². The molecular weight excluding hydrogens is 697 g/mol. The lowest BCUT2D eigenvalue weighted by molar-refractivity contribution is 0.0926. The lowest BCUT2D eigenvalue weighted by atomic mass is 9.92. The molecule has 0 bridgehead atoms. The first-order valence-electron chi connectivity index (χ1n) is 19.0. The summed E-state index contributed by atoms with van der Waals surface area (Å²) in [5.74, 6) is -0.664. The zero-order valence-corrected chi connectivity index (χ0v) is 31.5. The lowest BCUT2D eigenvalue weighted by Gasteiger charge is -2.22. The van der Waals surface area contributed by atoms with Crippen LogP contribution in [0.2, 0.25) is 0 Å². The van der Waals surface area contributed by atoms with E-state index in [1.165, 1.54) is 10.5 Å². The van der Waals surface area contributed by atoms with Gasteiger partial charge in [-0.25, -0.2) is 4.90 Å². The van der Waals surface area contributed by atoms with Crippen molar-refractivity contribution in [1.29, 1.82) is 0 Å². The van der Waals surface area contributed by atoms with Crippen molar-refractivity contribution in [3.63, 3.8) is 0 Å². The van der Waals surface area contributed by atoms with Crippen molar-refractivity contribution < 1.29 is 9.59 Å². The Bertz CT molecular complexity index is 2950. The number of rotatable bonds is 6. The normalized spacial score (nSPS) is 12.1. The standard InChI is InChI=1S/C44H28N2O2.C9H10/c47-43-36-22-13-25-39(45-37-23-11-10-20-34(37)35-27-26-32(28-40(35)45)29-14-4-1-5-15-29)42(36)44(48)46(43)38-24-12-21-33(30-16-6-2-7-17-30)41(38)31-18-8-3-9-19-31;1-8(2)9-6-4-3-5-7-9/h1-28H;3-7H,1H2,2H3. The van der Waals surface area contributed by atoms with E-state index >= 15 is 0 Å². The molecular formula is C53H38N2O2. The zero-order chi connectivity index (χ0) is 38.9. The number of fused-ring (bicyclic) bond motifs is 4. The van der Waals surface area contributed by atoms with Gasteiger partial charge in [-0.3, -0.25) is 9.59 Å². The molecule has 9 aromatic rings. The topological polar surface area (TPSA) is 42.3 Å². The second-order valence-electron chi connectivity index (χ2n) is 14.2. The van der Waals surface area contributed by atoms with Crippen LogP contribution in [-0.4, -0.2) is 16.4 Å². The first-order valence-corrected chi connectivity index (χ1v) is 19.0. The Kier molecular flexibility index (Phi) is 9.21. The number of hydrogen-bond donors (Lipinski definition) is 0. The number of carbonyl (C=O) groups is 2. The van der Waals surface area contributed by atoms with E-state index in [0.717, 1.165) is 60.8 Å². The molecule has 10 rings (SSSR count). The summed E-state index contributed by atoms with van der Waals surface area (Å²) in [6.45, 7) is 5.83. The van der Waals surface area contributed by atoms with Crippen molar-refractivity contribution in [1.82, 2.24) is 4.57 Å². The predicted molar refractivity (Wildman–Crippen MR) is 236 cm³/mol. The number of benzene rings is 8. The van der Waals surface area contributed by atoms with Crippen LogP contribution in [0.4, 0.5) is 5.69 Å². The maximum atomic E-state index is 14.8. The van der Waals surface area contributed by atoms with E-state index in [9.17, 15) is 9.59 Å².